The highest BCUT2D eigenvalue weighted by Gasteiger charge is 2.09. The minimum Gasteiger partial charge on any atom is -0.496 e. The summed E-state index contributed by atoms with van der Waals surface area (Å²) in [5.41, 5.74) is 2.16. The average Bonchev–Trinajstić information content (AvgIpc) is 2.48. The minimum atomic E-state index is -0.563. The summed E-state index contributed by atoms with van der Waals surface area (Å²) in [4.78, 5) is 0. The molecule has 0 aromatic heterocycles. The predicted octanol–water partition coefficient (Wildman–Crippen LogP) is 3.78. The van der Waals surface area contributed by atoms with Crippen LogP contribution in [-0.2, 0) is 6.61 Å². The summed E-state index contributed by atoms with van der Waals surface area (Å²) in [5.74, 6) is 0.840. The highest BCUT2D eigenvalue weighted by molar-refractivity contribution is 5.38. The van der Waals surface area contributed by atoms with Crippen LogP contribution in [0.25, 0.3) is 0 Å². The van der Waals surface area contributed by atoms with Crippen molar-refractivity contribution in [3.8, 4) is 11.5 Å². The third-order valence-electron chi connectivity index (χ3n) is 3.32. The number of methoxy groups -OCH3 is 1. The lowest BCUT2D eigenvalue weighted by Crippen LogP contribution is -2.01. The van der Waals surface area contributed by atoms with Crippen LogP contribution in [-0.4, -0.2) is 12.2 Å². The van der Waals surface area contributed by atoms with E-state index in [2.05, 4.69) is 0 Å². The average molecular weight is 290 g/mol. The molecule has 4 heteroatoms. The van der Waals surface area contributed by atoms with E-state index in [0.29, 0.717) is 17.1 Å². The summed E-state index contributed by atoms with van der Waals surface area (Å²) >= 11 is 0. The molecule has 0 saturated heterocycles. The molecule has 0 aliphatic rings. The maximum Gasteiger partial charge on any atom is 0.129 e. The fourth-order valence-electron chi connectivity index (χ4n) is 2.00. The third kappa shape index (κ3) is 3.73. The highest BCUT2D eigenvalue weighted by Crippen LogP contribution is 2.25. The number of hydrogen-bond acceptors (Lipinski definition) is 3. The fraction of sp³-hybridized carbons (Fsp3) is 0.294. The number of hydrogen-bond donors (Lipinski definition) is 1. The van der Waals surface area contributed by atoms with Gasteiger partial charge in [0.15, 0.2) is 0 Å². The Hall–Kier alpha value is -2.07. The van der Waals surface area contributed by atoms with E-state index in [0.717, 1.165) is 11.1 Å². The molecule has 2 aromatic carbocycles. The van der Waals surface area contributed by atoms with Gasteiger partial charge < -0.3 is 14.6 Å². The van der Waals surface area contributed by atoms with Crippen molar-refractivity contribution >= 4 is 0 Å². The van der Waals surface area contributed by atoms with Gasteiger partial charge in [-0.3, -0.25) is 0 Å². The first-order valence-corrected chi connectivity index (χ1v) is 6.75. The second-order valence-corrected chi connectivity index (χ2v) is 4.95. The second-order valence-electron chi connectivity index (χ2n) is 4.95. The summed E-state index contributed by atoms with van der Waals surface area (Å²) in [7, 11) is 1.58. The van der Waals surface area contributed by atoms with E-state index in [-0.39, 0.29) is 12.4 Å². The van der Waals surface area contributed by atoms with E-state index in [9.17, 15) is 9.50 Å². The lowest BCUT2D eigenvalue weighted by molar-refractivity contribution is 0.198. The van der Waals surface area contributed by atoms with Crippen LogP contribution in [0.1, 0.15) is 29.7 Å². The van der Waals surface area contributed by atoms with E-state index in [1.807, 2.05) is 6.07 Å². The van der Waals surface area contributed by atoms with Gasteiger partial charge in [0, 0.05) is 11.6 Å². The molecular formula is C17H19FO3. The number of halogens is 1. The highest BCUT2D eigenvalue weighted by atomic mass is 19.1. The second kappa shape index (κ2) is 6.59. The zero-order valence-corrected chi connectivity index (χ0v) is 12.4. The zero-order valence-electron chi connectivity index (χ0n) is 12.4. The molecule has 0 heterocycles. The van der Waals surface area contributed by atoms with Gasteiger partial charge in [-0.05, 0) is 43.2 Å². The molecule has 0 bridgehead atoms. The number of aliphatic hydroxyl groups is 1. The van der Waals surface area contributed by atoms with E-state index in [4.69, 9.17) is 9.47 Å². The molecule has 1 N–H and O–H groups in total. The first kappa shape index (κ1) is 15.3. The molecule has 0 fully saturated rings. The molecule has 0 aliphatic carbocycles. The van der Waals surface area contributed by atoms with Gasteiger partial charge in [0.2, 0.25) is 0 Å². The quantitative estimate of drug-likeness (QED) is 0.911. The van der Waals surface area contributed by atoms with Crippen molar-refractivity contribution in [2.24, 2.45) is 0 Å². The molecule has 21 heavy (non-hydrogen) atoms. The van der Waals surface area contributed by atoms with Crippen molar-refractivity contribution in [1.29, 1.82) is 0 Å². The van der Waals surface area contributed by atoms with Crippen molar-refractivity contribution < 1.29 is 19.0 Å². The first-order valence-electron chi connectivity index (χ1n) is 6.75. The van der Waals surface area contributed by atoms with Crippen molar-refractivity contribution in [3.63, 3.8) is 0 Å². The Bertz CT molecular complexity index is 623. The van der Waals surface area contributed by atoms with Crippen molar-refractivity contribution in [3.05, 3.63) is 58.9 Å². The van der Waals surface area contributed by atoms with E-state index >= 15 is 0 Å². The molecule has 3 nitrogen and oxygen atoms in total. The smallest absolute Gasteiger partial charge is 0.129 e. The Kier molecular flexibility index (Phi) is 4.81. The Balaban J connectivity index is 2.17. The Morgan fingerprint density at radius 2 is 1.95 bits per heavy atom. The van der Waals surface area contributed by atoms with Crippen molar-refractivity contribution in [2.75, 3.05) is 7.11 Å². The van der Waals surface area contributed by atoms with Crippen LogP contribution in [0.3, 0.4) is 0 Å². The number of rotatable bonds is 5. The summed E-state index contributed by atoms with van der Waals surface area (Å²) in [6, 6.07) is 10.2. The first-order chi connectivity index (χ1) is 10.0. The molecule has 0 saturated carbocycles. The van der Waals surface area contributed by atoms with Gasteiger partial charge in [-0.2, -0.15) is 0 Å². The van der Waals surface area contributed by atoms with Crippen LogP contribution < -0.4 is 9.47 Å². The van der Waals surface area contributed by atoms with Crippen LogP contribution in [0.4, 0.5) is 4.39 Å². The van der Waals surface area contributed by atoms with E-state index in [1.54, 1.807) is 45.2 Å². The molecule has 0 spiro atoms. The molecule has 0 aliphatic heterocycles. The Labute approximate surface area is 124 Å². The van der Waals surface area contributed by atoms with Crippen molar-refractivity contribution in [2.45, 2.75) is 26.6 Å². The lowest BCUT2D eigenvalue weighted by atomic mass is 10.1. The normalized spacial score (nSPS) is 12.0. The number of aliphatic hydroxyl groups excluding tert-OH is 1. The van der Waals surface area contributed by atoms with Crippen LogP contribution in [0.15, 0.2) is 36.4 Å². The monoisotopic (exact) mass is 290 g/mol. The molecule has 2 rings (SSSR count). The lowest BCUT2D eigenvalue weighted by Gasteiger charge is -2.13. The number of aryl methyl sites for hydroxylation is 1. The predicted molar refractivity (Wildman–Crippen MR) is 79.1 cm³/mol. The maximum absolute atomic E-state index is 13.5. The topological polar surface area (TPSA) is 38.7 Å². The van der Waals surface area contributed by atoms with Gasteiger partial charge >= 0.3 is 0 Å². The summed E-state index contributed by atoms with van der Waals surface area (Å²) < 4.78 is 24.4. The molecule has 1 atom stereocenters. The van der Waals surface area contributed by atoms with Gasteiger partial charge in [0.05, 0.1) is 13.2 Å². The fourth-order valence-corrected chi connectivity index (χ4v) is 2.00. The van der Waals surface area contributed by atoms with Crippen LogP contribution in [0, 0.1) is 12.7 Å². The van der Waals surface area contributed by atoms with Crippen molar-refractivity contribution in [1.82, 2.24) is 0 Å². The van der Waals surface area contributed by atoms with Crippen LogP contribution in [0.2, 0.25) is 0 Å². The molecular weight excluding hydrogens is 271 g/mol. The summed E-state index contributed by atoms with van der Waals surface area (Å²) in [5, 5.41) is 9.63. The van der Waals surface area contributed by atoms with E-state index in [1.165, 1.54) is 6.07 Å². The SMILES string of the molecule is COc1ccc(C(C)O)cc1COc1ccc(C)c(F)c1. The van der Waals surface area contributed by atoms with E-state index < -0.39 is 6.10 Å². The van der Waals surface area contributed by atoms with Gasteiger partial charge in [-0.1, -0.05) is 12.1 Å². The van der Waals surface area contributed by atoms with Crippen LogP contribution in [0.5, 0.6) is 11.5 Å². The van der Waals surface area contributed by atoms with Gasteiger partial charge in [0.25, 0.3) is 0 Å². The molecule has 0 amide bonds. The number of benzene rings is 2. The Morgan fingerprint density at radius 1 is 1.19 bits per heavy atom. The summed E-state index contributed by atoms with van der Waals surface area (Å²) in [6.45, 7) is 3.64. The molecule has 1 unspecified atom stereocenters. The van der Waals surface area contributed by atoms with Gasteiger partial charge in [0.1, 0.15) is 23.9 Å². The molecule has 112 valence electrons. The Morgan fingerprint density at radius 3 is 2.57 bits per heavy atom. The van der Waals surface area contributed by atoms with Crippen LogP contribution >= 0.6 is 0 Å². The largest absolute Gasteiger partial charge is 0.496 e. The van der Waals surface area contributed by atoms with Gasteiger partial charge in [-0.15, -0.1) is 0 Å². The third-order valence-corrected chi connectivity index (χ3v) is 3.32. The standard InChI is InChI=1S/C17H19FO3/c1-11-4-6-15(9-16(11)18)21-10-14-8-13(12(2)19)5-7-17(14)20-3/h4-9,12,19H,10H2,1-3H3. The molecule has 0 radical (unpaired) electrons. The minimum absolute atomic E-state index is 0.242. The van der Waals surface area contributed by atoms with Gasteiger partial charge in [-0.25, -0.2) is 4.39 Å². The maximum atomic E-state index is 13.5. The zero-order chi connectivity index (χ0) is 15.4. The number of ether oxygens (including phenoxy) is 2. The summed E-state index contributed by atoms with van der Waals surface area (Å²) in [6.07, 6.45) is -0.563. The molecule has 2 aromatic rings.